The lowest BCUT2D eigenvalue weighted by molar-refractivity contribution is 0.0943. The molecule has 0 bridgehead atoms. The number of carbonyl (C=O) groups is 2. The summed E-state index contributed by atoms with van der Waals surface area (Å²) in [6.45, 7) is 0.487. The molecule has 1 aromatic heterocycles. The summed E-state index contributed by atoms with van der Waals surface area (Å²) in [5, 5.41) is 6.87. The van der Waals surface area contributed by atoms with Gasteiger partial charge in [-0.15, -0.1) is 0 Å². The van der Waals surface area contributed by atoms with Crippen molar-refractivity contribution in [3.8, 4) is 0 Å². The highest BCUT2D eigenvalue weighted by Crippen LogP contribution is 2.05. The van der Waals surface area contributed by atoms with Crippen molar-refractivity contribution in [2.24, 2.45) is 5.73 Å². The largest absolute Gasteiger partial charge is 0.366 e. The summed E-state index contributed by atoms with van der Waals surface area (Å²) in [5.41, 5.74) is 7.12. The molecule has 0 aliphatic rings. The Hall–Kier alpha value is -3.74. The Morgan fingerprint density at radius 1 is 0.963 bits per heavy atom. The SMILES string of the molecule is NC(=O)c1cccc(CNC(=O)c2ccc(=O)n(Cc3ccccc3)n2)c1. The fraction of sp³-hybridized carbons (Fsp3) is 0.100. The number of primary amides is 1. The zero-order chi connectivity index (χ0) is 19.2. The highest BCUT2D eigenvalue weighted by Gasteiger charge is 2.10. The number of nitrogens with one attached hydrogen (secondary N) is 1. The fourth-order valence-corrected chi connectivity index (χ4v) is 2.55. The first-order valence-corrected chi connectivity index (χ1v) is 8.32. The van der Waals surface area contributed by atoms with E-state index in [0.717, 1.165) is 11.1 Å². The van der Waals surface area contributed by atoms with E-state index < -0.39 is 11.8 Å². The molecule has 0 spiro atoms. The van der Waals surface area contributed by atoms with E-state index in [4.69, 9.17) is 5.73 Å². The van der Waals surface area contributed by atoms with Crippen molar-refractivity contribution >= 4 is 11.8 Å². The van der Waals surface area contributed by atoms with E-state index in [1.165, 1.54) is 16.8 Å². The summed E-state index contributed by atoms with van der Waals surface area (Å²) in [6.07, 6.45) is 0. The van der Waals surface area contributed by atoms with Crippen molar-refractivity contribution < 1.29 is 9.59 Å². The maximum Gasteiger partial charge on any atom is 0.271 e. The molecular weight excluding hydrogens is 344 g/mol. The quantitative estimate of drug-likeness (QED) is 0.689. The van der Waals surface area contributed by atoms with Gasteiger partial charge in [0.2, 0.25) is 5.91 Å². The first-order valence-electron chi connectivity index (χ1n) is 8.32. The summed E-state index contributed by atoms with van der Waals surface area (Å²) < 4.78 is 1.25. The summed E-state index contributed by atoms with van der Waals surface area (Å²) in [7, 11) is 0. The third-order valence-electron chi connectivity index (χ3n) is 3.94. The van der Waals surface area contributed by atoms with Gasteiger partial charge in [0.05, 0.1) is 6.54 Å². The van der Waals surface area contributed by atoms with Gasteiger partial charge >= 0.3 is 0 Å². The van der Waals surface area contributed by atoms with Crippen molar-refractivity contribution in [2.75, 3.05) is 0 Å². The molecule has 1 heterocycles. The van der Waals surface area contributed by atoms with E-state index in [1.807, 2.05) is 30.3 Å². The second kappa shape index (κ2) is 8.09. The Labute approximate surface area is 155 Å². The van der Waals surface area contributed by atoms with Crippen LogP contribution in [0.15, 0.2) is 71.5 Å². The number of nitrogens with zero attached hydrogens (tertiary/aromatic N) is 2. The molecule has 0 radical (unpaired) electrons. The standard InChI is InChI=1S/C20H18N4O3/c21-19(26)16-8-4-7-15(11-16)12-22-20(27)17-9-10-18(25)24(23-17)13-14-5-2-1-3-6-14/h1-11H,12-13H2,(H2,21,26)(H,22,27). The van der Waals surface area contributed by atoms with E-state index >= 15 is 0 Å². The van der Waals surface area contributed by atoms with Gasteiger partial charge in [0.1, 0.15) is 5.69 Å². The lowest BCUT2D eigenvalue weighted by Crippen LogP contribution is -2.29. The summed E-state index contributed by atoms with van der Waals surface area (Å²) in [5.74, 6) is -0.945. The Balaban J connectivity index is 1.71. The molecule has 7 nitrogen and oxygen atoms in total. The van der Waals surface area contributed by atoms with E-state index in [9.17, 15) is 14.4 Å². The first-order chi connectivity index (χ1) is 13.0. The minimum absolute atomic E-state index is 0.136. The Kier molecular flexibility index (Phi) is 5.41. The molecule has 2 aromatic carbocycles. The van der Waals surface area contributed by atoms with E-state index in [2.05, 4.69) is 10.4 Å². The lowest BCUT2D eigenvalue weighted by atomic mass is 10.1. The Morgan fingerprint density at radius 2 is 1.70 bits per heavy atom. The van der Waals surface area contributed by atoms with E-state index in [0.29, 0.717) is 5.56 Å². The second-order valence-corrected chi connectivity index (χ2v) is 5.95. The average molecular weight is 362 g/mol. The van der Waals surface area contributed by atoms with Crippen LogP contribution >= 0.6 is 0 Å². The molecule has 0 unspecified atom stereocenters. The van der Waals surface area contributed by atoms with Gasteiger partial charge in [-0.2, -0.15) is 5.10 Å². The third-order valence-corrected chi connectivity index (χ3v) is 3.94. The van der Waals surface area contributed by atoms with Gasteiger partial charge in [-0.05, 0) is 29.3 Å². The van der Waals surface area contributed by atoms with Crippen LogP contribution in [0.4, 0.5) is 0 Å². The van der Waals surface area contributed by atoms with Crippen molar-refractivity contribution in [1.29, 1.82) is 0 Å². The molecule has 0 aliphatic carbocycles. The minimum atomic E-state index is -0.530. The van der Waals surface area contributed by atoms with Gasteiger partial charge in [-0.1, -0.05) is 42.5 Å². The zero-order valence-electron chi connectivity index (χ0n) is 14.5. The van der Waals surface area contributed by atoms with Crippen LogP contribution in [0.2, 0.25) is 0 Å². The van der Waals surface area contributed by atoms with Crippen LogP contribution < -0.4 is 16.6 Å². The summed E-state index contributed by atoms with van der Waals surface area (Å²) >= 11 is 0. The summed E-state index contributed by atoms with van der Waals surface area (Å²) in [6, 6.07) is 18.8. The van der Waals surface area contributed by atoms with E-state index in [1.54, 1.807) is 24.3 Å². The molecule has 0 saturated carbocycles. The molecule has 3 rings (SSSR count). The van der Waals surface area contributed by atoms with Crippen LogP contribution in [-0.4, -0.2) is 21.6 Å². The molecule has 0 saturated heterocycles. The molecule has 136 valence electrons. The van der Waals surface area contributed by atoms with Gasteiger partial charge in [0.15, 0.2) is 0 Å². The number of nitrogens with two attached hydrogens (primary N) is 1. The molecule has 27 heavy (non-hydrogen) atoms. The van der Waals surface area contributed by atoms with Gasteiger partial charge in [-0.25, -0.2) is 4.68 Å². The third kappa shape index (κ3) is 4.66. The van der Waals surface area contributed by atoms with Crippen LogP contribution in [0.1, 0.15) is 32.0 Å². The highest BCUT2D eigenvalue weighted by atomic mass is 16.2. The number of carbonyl (C=O) groups excluding carboxylic acids is 2. The monoisotopic (exact) mass is 362 g/mol. The molecular formula is C20H18N4O3. The highest BCUT2D eigenvalue weighted by molar-refractivity contribution is 5.93. The number of hydrogen-bond acceptors (Lipinski definition) is 4. The molecule has 0 fully saturated rings. The second-order valence-electron chi connectivity index (χ2n) is 5.95. The predicted octanol–water partition coefficient (Wildman–Crippen LogP) is 1.32. The Morgan fingerprint density at radius 3 is 2.44 bits per heavy atom. The number of benzene rings is 2. The van der Waals surface area contributed by atoms with Crippen molar-refractivity contribution in [1.82, 2.24) is 15.1 Å². The fourth-order valence-electron chi connectivity index (χ4n) is 2.55. The first kappa shape index (κ1) is 18.1. The maximum atomic E-state index is 12.4. The van der Waals surface area contributed by atoms with Crippen molar-refractivity contribution in [3.05, 3.63) is 99.5 Å². The smallest absolute Gasteiger partial charge is 0.271 e. The molecule has 3 N–H and O–H groups in total. The van der Waals surface area contributed by atoms with Gasteiger partial charge in [0.25, 0.3) is 11.5 Å². The van der Waals surface area contributed by atoms with Gasteiger partial charge < -0.3 is 11.1 Å². The normalized spacial score (nSPS) is 10.4. The molecule has 0 aliphatic heterocycles. The van der Waals surface area contributed by atoms with Gasteiger partial charge in [0, 0.05) is 18.2 Å². The van der Waals surface area contributed by atoms with Crippen molar-refractivity contribution in [2.45, 2.75) is 13.1 Å². The number of aromatic nitrogens is 2. The van der Waals surface area contributed by atoms with Crippen LogP contribution in [-0.2, 0) is 13.1 Å². The van der Waals surface area contributed by atoms with Crippen LogP contribution in [0, 0.1) is 0 Å². The van der Waals surface area contributed by atoms with E-state index in [-0.39, 0.29) is 24.3 Å². The number of rotatable bonds is 6. The molecule has 3 aromatic rings. The average Bonchev–Trinajstić information content (AvgIpc) is 2.69. The predicted molar refractivity (Wildman–Crippen MR) is 100 cm³/mol. The Bertz CT molecular complexity index is 1030. The van der Waals surface area contributed by atoms with Crippen LogP contribution in [0.25, 0.3) is 0 Å². The summed E-state index contributed by atoms with van der Waals surface area (Å²) in [4.78, 5) is 35.6. The van der Waals surface area contributed by atoms with Gasteiger partial charge in [-0.3, -0.25) is 14.4 Å². The molecule has 0 atom stereocenters. The molecule has 2 amide bonds. The topological polar surface area (TPSA) is 107 Å². The lowest BCUT2D eigenvalue weighted by Gasteiger charge is -2.08. The minimum Gasteiger partial charge on any atom is -0.366 e. The number of amides is 2. The number of hydrogen-bond donors (Lipinski definition) is 2. The van der Waals surface area contributed by atoms with Crippen LogP contribution in [0.3, 0.4) is 0 Å². The van der Waals surface area contributed by atoms with Crippen molar-refractivity contribution in [3.63, 3.8) is 0 Å². The molecule has 7 heteroatoms. The maximum absolute atomic E-state index is 12.4. The zero-order valence-corrected chi connectivity index (χ0v) is 14.5. The van der Waals surface area contributed by atoms with Crippen LogP contribution in [0.5, 0.6) is 0 Å².